The van der Waals surface area contributed by atoms with Gasteiger partial charge in [-0.25, -0.2) is 9.18 Å². The quantitative estimate of drug-likeness (QED) is 0.237. The maximum absolute atomic E-state index is 14.2. The first-order valence-corrected chi connectivity index (χ1v) is 13.2. The van der Waals surface area contributed by atoms with E-state index in [1.54, 1.807) is 24.3 Å². The molecule has 10 nitrogen and oxygen atoms in total. The Balaban J connectivity index is 1.70. The SMILES string of the molecule is Cc1oc(=O)oc1COC(=O)C[C@@H](Cc1ccc(-c2cc(Cl)ccc2F)cc1)NC(=O)CCP(=O)(O)O. The molecule has 3 N–H and O–H groups in total. The molecule has 0 aliphatic carbocycles. The average molecular weight is 556 g/mol. The van der Waals surface area contributed by atoms with E-state index in [1.807, 2.05) is 0 Å². The second-order valence-electron chi connectivity index (χ2n) is 8.23. The largest absolute Gasteiger partial charge is 0.519 e. The van der Waals surface area contributed by atoms with Gasteiger partial charge in [-0.05, 0) is 42.7 Å². The van der Waals surface area contributed by atoms with Crippen molar-refractivity contribution in [1.82, 2.24) is 5.32 Å². The first kappa shape index (κ1) is 28.3. The Kier molecular flexibility index (Phi) is 9.45. The zero-order valence-corrected chi connectivity index (χ0v) is 21.3. The highest BCUT2D eigenvalue weighted by Crippen LogP contribution is 2.34. The molecule has 1 aromatic heterocycles. The van der Waals surface area contributed by atoms with Gasteiger partial charge in [0.15, 0.2) is 18.1 Å². The predicted octanol–water partition coefficient (Wildman–Crippen LogP) is 3.73. The lowest BCUT2D eigenvalue weighted by Crippen LogP contribution is -2.38. The first-order chi connectivity index (χ1) is 17.4. The number of aryl methyl sites for hydroxylation is 1. The molecule has 1 heterocycles. The molecule has 198 valence electrons. The van der Waals surface area contributed by atoms with Crippen molar-refractivity contribution in [2.24, 2.45) is 0 Å². The molecule has 3 aromatic rings. The first-order valence-electron chi connectivity index (χ1n) is 11.0. The molecule has 0 aliphatic heterocycles. The van der Waals surface area contributed by atoms with Crippen LogP contribution in [0.15, 0.2) is 56.1 Å². The average Bonchev–Trinajstić information content (AvgIpc) is 3.14. The maximum Gasteiger partial charge on any atom is 0.519 e. The van der Waals surface area contributed by atoms with Gasteiger partial charge in [-0.15, -0.1) is 0 Å². The minimum atomic E-state index is -4.38. The van der Waals surface area contributed by atoms with E-state index < -0.39 is 49.7 Å². The van der Waals surface area contributed by atoms with Gasteiger partial charge in [-0.1, -0.05) is 35.9 Å². The minimum absolute atomic E-state index is 0.0458. The highest BCUT2D eigenvalue weighted by molar-refractivity contribution is 7.51. The number of nitrogens with one attached hydrogen (secondary N) is 1. The fraction of sp³-hybridized carbons (Fsp3) is 0.292. The number of benzene rings is 2. The highest BCUT2D eigenvalue weighted by Gasteiger charge is 2.22. The molecule has 1 atom stereocenters. The summed E-state index contributed by atoms with van der Waals surface area (Å²) >= 11 is 5.97. The summed E-state index contributed by atoms with van der Waals surface area (Å²) in [6.45, 7) is 1.12. The van der Waals surface area contributed by atoms with Gasteiger partial charge < -0.3 is 28.7 Å². The Morgan fingerprint density at radius 2 is 1.86 bits per heavy atom. The molecule has 13 heteroatoms. The van der Waals surface area contributed by atoms with Crippen LogP contribution in [0, 0.1) is 12.7 Å². The second kappa shape index (κ2) is 12.3. The van der Waals surface area contributed by atoms with Crippen LogP contribution in [0.2, 0.25) is 5.02 Å². The molecule has 0 saturated carbocycles. The number of hydrogen-bond acceptors (Lipinski definition) is 7. The van der Waals surface area contributed by atoms with Crippen LogP contribution in [-0.4, -0.2) is 33.9 Å². The molecule has 0 fully saturated rings. The van der Waals surface area contributed by atoms with E-state index >= 15 is 0 Å². The standard InChI is InChI=1S/C24H24ClFNO9P/c1-14-21(36-24(30)35-14)13-34-23(29)12-18(27-22(28)8-9-37(31,32)33)10-15-2-4-16(5-3-15)19-11-17(25)6-7-20(19)26/h2-7,11,18H,8-10,12-13H2,1H3,(H,27,28)(H2,31,32,33)/t18-/m1/s1. The number of hydrogen-bond donors (Lipinski definition) is 3. The van der Waals surface area contributed by atoms with Gasteiger partial charge in [-0.3, -0.25) is 14.2 Å². The van der Waals surface area contributed by atoms with Crippen molar-refractivity contribution in [1.29, 1.82) is 0 Å². The van der Waals surface area contributed by atoms with Crippen LogP contribution in [-0.2, 0) is 31.9 Å². The summed E-state index contributed by atoms with van der Waals surface area (Å²) in [5.74, 6) is -2.55. The molecule has 1 amide bonds. The van der Waals surface area contributed by atoms with E-state index in [0.29, 0.717) is 21.7 Å². The molecule has 0 radical (unpaired) electrons. The zero-order valence-electron chi connectivity index (χ0n) is 19.6. The van der Waals surface area contributed by atoms with Crippen molar-refractivity contribution in [3.63, 3.8) is 0 Å². The summed E-state index contributed by atoms with van der Waals surface area (Å²) in [5, 5.41) is 2.97. The number of ether oxygens (including phenoxy) is 1. The maximum atomic E-state index is 14.2. The van der Waals surface area contributed by atoms with Gasteiger partial charge in [0.05, 0.1) is 12.6 Å². The summed E-state index contributed by atoms with van der Waals surface area (Å²) in [5.41, 5.74) is 1.57. The fourth-order valence-corrected chi connectivity index (χ4v) is 4.12. The number of carbonyl (C=O) groups excluding carboxylic acids is 2. The Bertz CT molecular complexity index is 1360. The molecule has 0 saturated heterocycles. The normalized spacial score (nSPS) is 12.2. The molecular weight excluding hydrogens is 532 g/mol. The Labute approximate surface area is 215 Å². The number of carbonyl (C=O) groups is 2. The molecule has 0 aliphatic rings. The number of esters is 1. The van der Waals surface area contributed by atoms with Gasteiger partial charge in [-0.2, -0.15) is 0 Å². The number of amides is 1. The fourth-order valence-electron chi connectivity index (χ4n) is 3.46. The van der Waals surface area contributed by atoms with Crippen molar-refractivity contribution in [3.8, 4) is 11.1 Å². The highest BCUT2D eigenvalue weighted by atomic mass is 35.5. The smallest absolute Gasteiger partial charge is 0.457 e. The van der Waals surface area contributed by atoms with Crippen molar-refractivity contribution >= 4 is 31.1 Å². The predicted molar refractivity (Wildman–Crippen MR) is 130 cm³/mol. The number of rotatable bonds is 11. The summed E-state index contributed by atoms with van der Waals surface area (Å²) in [6, 6.07) is 10.1. The molecular formula is C24H24ClFNO9P. The van der Waals surface area contributed by atoms with Crippen LogP contribution < -0.4 is 11.1 Å². The molecule has 3 rings (SSSR count). The third-order valence-electron chi connectivity index (χ3n) is 5.28. The van der Waals surface area contributed by atoms with Gasteiger partial charge in [0.1, 0.15) is 5.82 Å². The van der Waals surface area contributed by atoms with Gasteiger partial charge >= 0.3 is 19.4 Å². The third-order valence-corrected chi connectivity index (χ3v) is 6.32. The molecule has 0 bridgehead atoms. The van der Waals surface area contributed by atoms with Crippen LogP contribution in [0.3, 0.4) is 0 Å². The summed E-state index contributed by atoms with van der Waals surface area (Å²) in [7, 11) is -4.38. The van der Waals surface area contributed by atoms with E-state index in [-0.39, 0.29) is 31.0 Å². The van der Waals surface area contributed by atoms with E-state index in [0.717, 1.165) is 0 Å². The van der Waals surface area contributed by atoms with Crippen LogP contribution in [0.1, 0.15) is 29.9 Å². The molecule has 0 spiro atoms. The van der Waals surface area contributed by atoms with E-state index in [2.05, 4.69) is 5.32 Å². The summed E-state index contributed by atoms with van der Waals surface area (Å²) < 4.78 is 39.9. The third kappa shape index (κ3) is 8.98. The monoisotopic (exact) mass is 555 g/mol. The van der Waals surface area contributed by atoms with Gasteiger partial charge in [0, 0.05) is 23.0 Å². The summed E-state index contributed by atoms with van der Waals surface area (Å²) in [4.78, 5) is 53.9. The Morgan fingerprint density at radius 3 is 2.49 bits per heavy atom. The van der Waals surface area contributed by atoms with Crippen LogP contribution in [0.25, 0.3) is 11.1 Å². The van der Waals surface area contributed by atoms with Crippen LogP contribution >= 0.6 is 19.2 Å². The Morgan fingerprint density at radius 1 is 1.16 bits per heavy atom. The van der Waals surface area contributed by atoms with E-state index in [1.165, 1.54) is 25.1 Å². The van der Waals surface area contributed by atoms with E-state index in [9.17, 15) is 23.3 Å². The molecule has 37 heavy (non-hydrogen) atoms. The minimum Gasteiger partial charge on any atom is -0.457 e. The van der Waals surface area contributed by atoms with Crippen molar-refractivity contribution in [2.45, 2.75) is 38.8 Å². The van der Waals surface area contributed by atoms with Crippen molar-refractivity contribution < 1.29 is 41.9 Å². The van der Waals surface area contributed by atoms with Gasteiger partial charge in [0.2, 0.25) is 5.91 Å². The van der Waals surface area contributed by atoms with Crippen molar-refractivity contribution in [2.75, 3.05) is 6.16 Å². The molecule has 2 aromatic carbocycles. The molecule has 0 unspecified atom stereocenters. The van der Waals surface area contributed by atoms with E-state index in [4.69, 9.17) is 35.0 Å². The lowest BCUT2D eigenvalue weighted by Gasteiger charge is -2.19. The second-order valence-corrected chi connectivity index (χ2v) is 10.4. The topological polar surface area (TPSA) is 156 Å². The lowest BCUT2D eigenvalue weighted by atomic mass is 9.99. The van der Waals surface area contributed by atoms with Crippen molar-refractivity contribution in [3.05, 3.63) is 81.0 Å². The lowest BCUT2D eigenvalue weighted by molar-refractivity contribution is -0.146. The van der Waals surface area contributed by atoms with Crippen LogP contribution in [0.4, 0.5) is 4.39 Å². The zero-order chi connectivity index (χ0) is 27.2. The Hall–Kier alpha value is -3.24. The summed E-state index contributed by atoms with van der Waals surface area (Å²) in [6.07, 6.45) is -1.21. The van der Waals surface area contributed by atoms with Crippen LogP contribution in [0.5, 0.6) is 0 Å². The number of halogens is 2. The van der Waals surface area contributed by atoms with Gasteiger partial charge in [0.25, 0.3) is 0 Å².